The van der Waals surface area contributed by atoms with Gasteiger partial charge in [0, 0.05) is 49.5 Å². The van der Waals surface area contributed by atoms with Crippen LogP contribution in [0.4, 0.5) is 0 Å². The first-order valence-electron chi connectivity index (χ1n) is 13.1. The Balaban J connectivity index is 1.22. The molecule has 3 aromatic rings. The van der Waals surface area contributed by atoms with Crippen LogP contribution in [0, 0.1) is 11.3 Å². The average molecular weight is 534 g/mol. The molecule has 3 aromatic carbocycles. The smallest absolute Gasteiger partial charge is 0.253 e. The van der Waals surface area contributed by atoms with E-state index in [0.717, 1.165) is 30.9 Å². The molecule has 0 aliphatic carbocycles. The Labute approximate surface area is 233 Å². The molecule has 6 nitrogen and oxygen atoms in total. The number of piperazine rings is 1. The van der Waals surface area contributed by atoms with Crippen molar-refractivity contribution in [1.29, 1.82) is 5.26 Å². The van der Waals surface area contributed by atoms with E-state index in [1.54, 1.807) is 24.3 Å². The molecular formula is C32H28ClN5O. The van der Waals surface area contributed by atoms with E-state index in [1.165, 1.54) is 16.8 Å². The quantitative estimate of drug-likeness (QED) is 0.489. The lowest BCUT2D eigenvalue weighted by molar-refractivity contribution is 0.0642. The SMILES string of the molecule is N#Cc1ccc(C(=O)N2CCN(CC3=C(c4ccc(Cl)cc4)NC4C=CC(c5ccccc5)=CN34)CC2)cc1. The Kier molecular flexibility index (Phi) is 6.93. The van der Waals surface area contributed by atoms with Crippen molar-refractivity contribution in [3.8, 4) is 6.07 Å². The van der Waals surface area contributed by atoms with E-state index in [-0.39, 0.29) is 12.1 Å². The monoisotopic (exact) mass is 533 g/mol. The number of rotatable bonds is 5. The van der Waals surface area contributed by atoms with Gasteiger partial charge in [-0.1, -0.05) is 60.1 Å². The second-order valence-electron chi connectivity index (χ2n) is 9.89. The molecule has 0 bridgehead atoms. The summed E-state index contributed by atoms with van der Waals surface area (Å²) in [7, 11) is 0. The molecule has 1 unspecified atom stereocenters. The molecule has 6 rings (SSSR count). The second kappa shape index (κ2) is 10.8. The van der Waals surface area contributed by atoms with Crippen molar-refractivity contribution in [3.63, 3.8) is 0 Å². The van der Waals surface area contributed by atoms with Gasteiger partial charge in [-0.2, -0.15) is 5.26 Å². The Morgan fingerprint density at radius 2 is 1.64 bits per heavy atom. The number of nitriles is 1. The lowest BCUT2D eigenvalue weighted by Crippen LogP contribution is -2.49. The molecule has 3 aliphatic rings. The summed E-state index contributed by atoms with van der Waals surface area (Å²) in [6.45, 7) is 3.63. The van der Waals surface area contributed by atoms with Crippen LogP contribution in [0.1, 0.15) is 27.0 Å². The van der Waals surface area contributed by atoms with Crippen LogP contribution < -0.4 is 5.32 Å². The number of halogens is 1. The zero-order valence-corrected chi connectivity index (χ0v) is 22.2. The van der Waals surface area contributed by atoms with Crippen LogP contribution >= 0.6 is 11.6 Å². The topological polar surface area (TPSA) is 62.6 Å². The predicted molar refractivity (Wildman–Crippen MR) is 154 cm³/mol. The normalized spacial score (nSPS) is 18.9. The number of nitrogens with one attached hydrogen (secondary N) is 1. The maximum Gasteiger partial charge on any atom is 0.253 e. The molecule has 1 N–H and O–H groups in total. The maximum atomic E-state index is 13.0. The first-order chi connectivity index (χ1) is 19.1. The minimum atomic E-state index is 0.0133. The average Bonchev–Trinajstić information content (AvgIpc) is 3.35. The molecule has 3 aliphatic heterocycles. The van der Waals surface area contributed by atoms with E-state index in [9.17, 15) is 4.79 Å². The van der Waals surface area contributed by atoms with Crippen LogP contribution in [0.3, 0.4) is 0 Å². The van der Waals surface area contributed by atoms with Gasteiger partial charge in [-0.25, -0.2) is 0 Å². The Hall–Kier alpha value is -4.31. The molecule has 7 heteroatoms. The summed E-state index contributed by atoms with van der Waals surface area (Å²) in [5.74, 6) is 0.0133. The zero-order chi connectivity index (χ0) is 26.8. The van der Waals surface area contributed by atoms with Crippen LogP contribution in [0.2, 0.25) is 5.02 Å². The van der Waals surface area contributed by atoms with Crippen molar-refractivity contribution in [2.45, 2.75) is 6.17 Å². The van der Waals surface area contributed by atoms with E-state index in [4.69, 9.17) is 16.9 Å². The van der Waals surface area contributed by atoms with Gasteiger partial charge in [-0.15, -0.1) is 0 Å². The fraction of sp³-hybridized carbons (Fsp3) is 0.188. The number of allylic oxidation sites excluding steroid dienone is 2. The standard InChI is InChI=1S/C32H28ClN5O/c33-28-13-10-25(11-14-28)31-29(38-21-27(12-15-30(38)35-31)24-4-2-1-3-5-24)22-36-16-18-37(19-17-36)32(39)26-8-6-23(20-34)7-9-26/h1-15,21,30,35H,16-19,22H2. The van der Waals surface area contributed by atoms with Crippen LogP contribution in [-0.4, -0.2) is 59.5 Å². The summed E-state index contributed by atoms with van der Waals surface area (Å²) in [5.41, 5.74) is 6.93. The van der Waals surface area contributed by atoms with Gasteiger partial charge in [0.05, 0.1) is 23.0 Å². The summed E-state index contributed by atoms with van der Waals surface area (Å²) in [6, 6.07) is 27.4. The Morgan fingerprint density at radius 1 is 0.923 bits per heavy atom. The number of nitrogens with zero attached hydrogens (tertiary/aromatic N) is 4. The van der Waals surface area contributed by atoms with E-state index in [2.05, 4.69) is 75.9 Å². The second-order valence-corrected chi connectivity index (χ2v) is 10.3. The summed E-state index contributed by atoms with van der Waals surface area (Å²) in [4.78, 5) is 19.7. The van der Waals surface area contributed by atoms with Crippen LogP contribution in [-0.2, 0) is 0 Å². The van der Waals surface area contributed by atoms with Gasteiger partial charge in [0.1, 0.15) is 6.17 Å². The van der Waals surface area contributed by atoms with Gasteiger partial charge in [0.25, 0.3) is 5.91 Å². The highest BCUT2D eigenvalue weighted by atomic mass is 35.5. The van der Waals surface area contributed by atoms with Gasteiger partial charge in [0.15, 0.2) is 0 Å². The molecule has 3 heterocycles. The number of carbonyl (C=O) groups excluding carboxylic acids is 1. The first kappa shape index (κ1) is 25.0. The largest absolute Gasteiger partial charge is 0.360 e. The Bertz CT molecular complexity index is 1490. The lowest BCUT2D eigenvalue weighted by Gasteiger charge is -2.36. The van der Waals surface area contributed by atoms with Crippen molar-refractivity contribution in [1.82, 2.24) is 20.0 Å². The third-order valence-corrected chi connectivity index (χ3v) is 7.71. The van der Waals surface area contributed by atoms with E-state index < -0.39 is 0 Å². The maximum absolute atomic E-state index is 13.0. The number of hydrogen-bond donors (Lipinski definition) is 1. The molecule has 0 saturated carbocycles. The minimum Gasteiger partial charge on any atom is -0.360 e. The van der Waals surface area contributed by atoms with Gasteiger partial charge < -0.3 is 15.1 Å². The van der Waals surface area contributed by atoms with Crippen molar-refractivity contribution < 1.29 is 4.79 Å². The van der Waals surface area contributed by atoms with Crippen LogP contribution in [0.5, 0.6) is 0 Å². The summed E-state index contributed by atoms with van der Waals surface area (Å²) < 4.78 is 0. The van der Waals surface area contributed by atoms with Crippen LogP contribution in [0.25, 0.3) is 11.3 Å². The fourth-order valence-electron chi connectivity index (χ4n) is 5.30. The molecule has 194 valence electrons. The highest BCUT2D eigenvalue weighted by Gasteiger charge is 2.33. The fourth-order valence-corrected chi connectivity index (χ4v) is 5.43. The third-order valence-electron chi connectivity index (χ3n) is 7.46. The van der Waals surface area contributed by atoms with Gasteiger partial charge >= 0.3 is 0 Å². The number of carbonyl (C=O) groups is 1. The molecule has 1 saturated heterocycles. The number of amides is 1. The molecule has 39 heavy (non-hydrogen) atoms. The zero-order valence-electron chi connectivity index (χ0n) is 21.4. The van der Waals surface area contributed by atoms with Crippen molar-refractivity contribution in [3.05, 3.63) is 130 Å². The van der Waals surface area contributed by atoms with E-state index in [1.807, 2.05) is 23.1 Å². The predicted octanol–water partition coefficient (Wildman–Crippen LogP) is 5.18. The van der Waals surface area contributed by atoms with Crippen molar-refractivity contribution in [2.75, 3.05) is 32.7 Å². The molecular weight excluding hydrogens is 506 g/mol. The molecule has 0 aromatic heterocycles. The van der Waals surface area contributed by atoms with E-state index in [0.29, 0.717) is 29.2 Å². The van der Waals surface area contributed by atoms with Gasteiger partial charge in [-0.05, 0) is 59.2 Å². The molecule has 1 amide bonds. The third kappa shape index (κ3) is 5.20. The number of fused-ring (bicyclic) bond motifs is 1. The van der Waals surface area contributed by atoms with Crippen molar-refractivity contribution >= 4 is 28.8 Å². The molecule has 0 radical (unpaired) electrons. The molecule has 1 atom stereocenters. The minimum absolute atomic E-state index is 0.0133. The number of hydrogen-bond acceptors (Lipinski definition) is 5. The lowest BCUT2D eigenvalue weighted by atomic mass is 10.0. The Morgan fingerprint density at radius 3 is 2.33 bits per heavy atom. The first-order valence-corrected chi connectivity index (χ1v) is 13.5. The highest BCUT2D eigenvalue weighted by Crippen LogP contribution is 2.34. The molecule has 1 fully saturated rings. The number of benzene rings is 3. The van der Waals surface area contributed by atoms with Gasteiger partial charge in [-0.3, -0.25) is 9.69 Å². The summed E-state index contributed by atoms with van der Waals surface area (Å²) in [5, 5.41) is 13.5. The van der Waals surface area contributed by atoms with Crippen molar-refractivity contribution in [2.24, 2.45) is 0 Å². The van der Waals surface area contributed by atoms with Crippen LogP contribution in [0.15, 0.2) is 103 Å². The van der Waals surface area contributed by atoms with Gasteiger partial charge in [0.2, 0.25) is 0 Å². The summed E-state index contributed by atoms with van der Waals surface area (Å²) in [6.07, 6.45) is 6.66. The molecule has 0 spiro atoms. The van der Waals surface area contributed by atoms with E-state index >= 15 is 0 Å². The summed E-state index contributed by atoms with van der Waals surface area (Å²) >= 11 is 6.20. The highest BCUT2D eigenvalue weighted by molar-refractivity contribution is 6.30.